The van der Waals surface area contributed by atoms with Gasteiger partial charge in [0.2, 0.25) is 0 Å². The van der Waals surface area contributed by atoms with E-state index in [1.807, 2.05) is 22.6 Å². The zero-order valence-corrected chi connectivity index (χ0v) is 9.58. The minimum Gasteiger partial charge on any atom is -0.369 e. The van der Waals surface area contributed by atoms with Gasteiger partial charge in [0.1, 0.15) is 11.6 Å². The highest BCUT2D eigenvalue weighted by Gasteiger charge is 2.01. The number of rotatable bonds is 4. The molecule has 5 heteroatoms. The number of halogens is 2. The summed E-state index contributed by atoms with van der Waals surface area (Å²) in [5.74, 6) is 0.335. The first-order chi connectivity index (χ1) is 6.74. The van der Waals surface area contributed by atoms with Crippen LogP contribution in [0.5, 0.6) is 0 Å². The molecular formula is C9H9FIN3. The highest BCUT2D eigenvalue weighted by atomic mass is 127. The Bertz CT molecular complexity index is 348. The predicted octanol–water partition coefficient (Wildman–Crippen LogP) is 2.54. The Morgan fingerprint density at radius 2 is 2.43 bits per heavy atom. The normalized spacial score (nSPS) is 9.50. The molecule has 0 aromatic carbocycles. The summed E-state index contributed by atoms with van der Waals surface area (Å²) in [5, 5.41) is 11.3. The van der Waals surface area contributed by atoms with E-state index in [-0.39, 0.29) is 5.82 Å². The molecule has 0 fully saturated rings. The van der Waals surface area contributed by atoms with Gasteiger partial charge in [-0.3, -0.25) is 0 Å². The predicted molar refractivity (Wildman–Crippen MR) is 60.2 cm³/mol. The topological polar surface area (TPSA) is 48.7 Å². The Morgan fingerprint density at radius 3 is 3.07 bits per heavy atom. The molecule has 0 bridgehead atoms. The van der Waals surface area contributed by atoms with Crippen molar-refractivity contribution in [3.05, 3.63) is 21.7 Å². The lowest BCUT2D eigenvalue weighted by Gasteiger charge is -2.05. The fourth-order valence-corrected chi connectivity index (χ4v) is 1.55. The number of nitrogens with one attached hydrogen (secondary N) is 1. The van der Waals surface area contributed by atoms with Crippen LogP contribution >= 0.6 is 22.6 Å². The van der Waals surface area contributed by atoms with Crippen molar-refractivity contribution in [2.45, 2.75) is 12.8 Å². The minimum absolute atomic E-state index is 0.336. The third-order valence-electron chi connectivity index (χ3n) is 1.57. The average molecular weight is 305 g/mol. The summed E-state index contributed by atoms with van der Waals surface area (Å²) in [5.41, 5.74) is 0. The molecule has 1 rings (SSSR count). The Labute approximate surface area is 95.5 Å². The van der Waals surface area contributed by atoms with Gasteiger partial charge in [-0.25, -0.2) is 9.37 Å². The van der Waals surface area contributed by atoms with E-state index < -0.39 is 0 Å². The summed E-state index contributed by atoms with van der Waals surface area (Å²) < 4.78 is 13.4. The number of nitriles is 1. The van der Waals surface area contributed by atoms with Gasteiger partial charge in [0.15, 0.2) is 0 Å². The number of aromatic nitrogens is 1. The molecular weight excluding hydrogens is 296 g/mol. The van der Waals surface area contributed by atoms with Gasteiger partial charge in [0.05, 0.1) is 15.8 Å². The van der Waals surface area contributed by atoms with E-state index in [9.17, 15) is 4.39 Å². The Kier molecular flexibility index (Phi) is 4.59. The maximum absolute atomic E-state index is 12.7. The molecule has 0 atom stereocenters. The van der Waals surface area contributed by atoms with Crippen molar-refractivity contribution in [3.8, 4) is 6.07 Å². The largest absolute Gasteiger partial charge is 0.369 e. The van der Waals surface area contributed by atoms with Crippen LogP contribution in [0.15, 0.2) is 12.3 Å². The summed E-state index contributed by atoms with van der Waals surface area (Å²) in [6.07, 6.45) is 2.46. The van der Waals surface area contributed by atoms with Gasteiger partial charge in [-0.05, 0) is 35.1 Å². The molecule has 1 aromatic heterocycles. The number of pyridine rings is 1. The summed E-state index contributed by atoms with van der Waals surface area (Å²) in [4.78, 5) is 3.90. The first-order valence-corrected chi connectivity index (χ1v) is 5.24. The summed E-state index contributed by atoms with van der Waals surface area (Å²) in [6.45, 7) is 0.683. The van der Waals surface area contributed by atoms with Gasteiger partial charge in [-0.1, -0.05) is 0 Å². The molecule has 0 aliphatic rings. The van der Waals surface area contributed by atoms with E-state index >= 15 is 0 Å². The molecule has 0 radical (unpaired) electrons. The SMILES string of the molecule is N#CCCCNc1ncc(F)cc1I. The Hall–Kier alpha value is -0.900. The molecule has 0 amide bonds. The van der Waals surface area contributed by atoms with Crippen LogP contribution in [-0.2, 0) is 0 Å². The van der Waals surface area contributed by atoms with Crippen molar-refractivity contribution in [1.82, 2.24) is 4.98 Å². The summed E-state index contributed by atoms with van der Waals surface area (Å²) in [7, 11) is 0. The zero-order chi connectivity index (χ0) is 10.4. The fourth-order valence-electron chi connectivity index (χ4n) is 0.919. The molecule has 14 heavy (non-hydrogen) atoms. The number of anilines is 1. The summed E-state index contributed by atoms with van der Waals surface area (Å²) in [6, 6.07) is 3.47. The summed E-state index contributed by atoms with van der Waals surface area (Å²) >= 11 is 2.02. The van der Waals surface area contributed by atoms with Crippen molar-refractivity contribution in [3.63, 3.8) is 0 Å². The van der Waals surface area contributed by atoms with Gasteiger partial charge >= 0.3 is 0 Å². The van der Waals surface area contributed by atoms with Gasteiger partial charge in [0.25, 0.3) is 0 Å². The highest BCUT2D eigenvalue weighted by molar-refractivity contribution is 14.1. The fraction of sp³-hybridized carbons (Fsp3) is 0.333. The van der Waals surface area contributed by atoms with Crippen LogP contribution in [-0.4, -0.2) is 11.5 Å². The van der Waals surface area contributed by atoms with Crippen molar-refractivity contribution < 1.29 is 4.39 Å². The van der Waals surface area contributed by atoms with Crippen LogP contribution in [0, 0.1) is 20.7 Å². The molecule has 1 aromatic rings. The smallest absolute Gasteiger partial charge is 0.142 e. The van der Waals surface area contributed by atoms with Gasteiger partial charge < -0.3 is 5.32 Å². The molecule has 0 unspecified atom stereocenters. The van der Waals surface area contributed by atoms with E-state index in [1.165, 1.54) is 12.3 Å². The van der Waals surface area contributed by atoms with Crippen LogP contribution in [0.2, 0.25) is 0 Å². The molecule has 0 saturated heterocycles. The number of unbranched alkanes of at least 4 members (excludes halogenated alkanes) is 1. The lowest BCUT2D eigenvalue weighted by atomic mass is 10.3. The Morgan fingerprint density at radius 1 is 1.64 bits per heavy atom. The molecule has 1 heterocycles. The van der Waals surface area contributed by atoms with E-state index in [0.29, 0.717) is 18.8 Å². The minimum atomic E-state index is -0.336. The van der Waals surface area contributed by atoms with E-state index in [1.54, 1.807) is 0 Å². The third-order valence-corrected chi connectivity index (χ3v) is 2.39. The quantitative estimate of drug-likeness (QED) is 0.687. The standard InChI is InChI=1S/C9H9FIN3/c10-7-5-8(11)9(14-6-7)13-4-2-1-3-12/h5-6H,1-2,4H2,(H,13,14). The molecule has 0 spiro atoms. The average Bonchev–Trinajstić information content (AvgIpc) is 2.15. The maximum Gasteiger partial charge on any atom is 0.142 e. The Balaban J connectivity index is 2.47. The van der Waals surface area contributed by atoms with E-state index in [0.717, 1.165) is 9.99 Å². The van der Waals surface area contributed by atoms with Gasteiger partial charge in [-0.2, -0.15) is 5.26 Å². The van der Waals surface area contributed by atoms with Crippen LogP contribution in [0.4, 0.5) is 10.2 Å². The van der Waals surface area contributed by atoms with E-state index in [2.05, 4.69) is 16.4 Å². The van der Waals surface area contributed by atoms with Crippen LogP contribution in [0.3, 0.4) is 0 Å². The molecule has 74 valence electrons. The lowest BCUT2D eigenvalue weighted by Crippen LogP contribution is -2.04. The maximum atomic E-state index is 12.7. The second-order valence-corrected chi connectivity index (χ2v) is 3.83. The first kappa shape index (κ1) is 11.2. The third kappa shape index (κ3) is 3.46. The molecule has 0 aliphatic heterocycles. The van der Waals surface area contributed by atoms with Crippen LogP contribution in [0.1, 0.15) is 12.8 Å². The number of hydrogen-bond acceptors (Lipinski definition) is 3. The second-order valence-electron chi connectivity index (χ2n) is 2.67. The van der Waals surface area contributed by atoms with Crippen molar-refractivity contribution in [2.75, 3.05) is 11.9 Å². The molecule has 3 nitrogen and oxygen atoms in total. The van der Waals surface area contributed by atoms with Gasteiger partial charge in [-0.15, -0.1) is 0 Å². The molecule has 0 saturated carbocycles. The molecule has 1 N–H and O–H groups in total. The van der Waals surface area contributed by atoms with Crippen molar-refractivity contribution >= 4 is 28.4 Å². The number of hydrogen-bond donors (Lipinski definition) is 1. The van der Waals surface area contributed by atoms with Crippen molar-refractivity contribution in [1.29, 1.82) is 5.26 Å². The van der Waals surface area contributed by atoms with Gasteiger partial charge in [0, 0.05) is 13.0 Å². The van der Waals surface area contributed by atoms with Crippen LogP contribution in [0.25, 0.3) is 0 Å². The number of nitrogens with zero attached hydrogens (tertiary/aromatic N) is 2. The zero-order valence-electron chi connectivity index (χ0n) is 7.43. The second kappa shape index (κ2) is 5.75. The van der Waals surface area contributed by atoms with Crippen LogP contribution < -0.4 is 5.32 Å². The lowest BCUT2D eigenvalue weighted by molar-refractivity contribution is 0.620. The van der Waals surface area contributed by atoms with Crippen molar-refractivity contribution in [2.24, 2.45) is 0 Å². The monoisotopic (exact) mass is 305 g/mol. The van der Waals surface area contributed by atoms with E-state index in [4.69, 9.17) is 5.26 Å². The highest BCUT2D eigenvalue weighted by Crippen LogP contribution is 2.15. The first-order valence-electron chi connectivity index (χ1n) is 4.16. The molecule has 0 aliphatic carbocycles.